The number of rotatable bonds is 0. The molecule has 14 heavy (non-hydrogen) atoms. The zero-order valence-corrected chi connectivity index (χ0v) is 9.21. The summed E-state index contributed by atoms with van der Waals surface area (Å²) in [6.45, 7) is 0. The second-order valence-electron chi connectivity index (χ2n) is 3.19. The Balaban J connectivity index is 3.03. The Morgan fingerprint density at radius 2 is 2.14 bits per heavy atom. The average molecular weight is 253 g/mol. The fraction of sp³-hybridized carbons (Fsp3) is 0.100. The van der Waals surface area contributed by atoms with E-state index in [2.05, 4.69) is 15.9 Å². The SMILES string of the molecule is Cn1cc(Br)c(=O)c2cc(N)ccc21. The van der Waals surface area contributed by atoms with Crippen LogP contribution in [0.2, 0.25) is 0 Å². The van der Waals surface area contributed by atoms with Crippen molar-refractivity contribution in [1.82, 2.24) is 4.57 Å². The smallest absolute Gasteiger partial charge is 0.203 e. The van der Waals surface area contributed by atoms with Crippen LogP contribution < -0.4 is 11.2 Å². The van der Waals surface area contributed by atoms with E-state index < -0.39 is 0 Å². The van der Waals surface area contributed by atoms with Gasteiger partial charge in [-0.1, -0.05) is 0 Å². The zero-order chi connectivity index (χ0) is 10.3. The van der Waals surface area contributed by atoms with Crippen molar-refractivity contribution in [2.24, 2.45) is 7.05 Å². The molecule has 0 fully saturated rings. The first-order valence-corrected chi connectivity index (χ1v) is 4.93. The van der Waals surface area contributed by atoms with Crippen LogP contribution in [0.3, 0.4) is 0 Å². The fourth-order valence-corrected chi connectivity index (χ4v) is 1.99. The Bertz CT molecular complexity index is 560. The largest absolute Gasteiger partial charge is 0.399 e. The van der Waals surface area contributed by atoms with Gasteiger partial charge in [0.05, 0.1) is 9.99 Å². The van der Waals surface area contributed by atoms with Crippen molar-refractivity contribution in [3.05, 3.63) is 39.1 Å². The maximum absolute atomic E-state index is 11.7. The molecule has 1 aromatic carbocycles. The lowest BCUT2D eigenvalue weighted by molar-refractivity contribution is 0.944. The number of nitrogens with two attached hydrogens (primary N) is 1. The first-order chi connectivity index (χ1) is 6.59. The number of hydrogen-bond donors (Lipinski definition) is 1. The van der Waals surface area contributed by atoms with Gasteiger partial charge in [0.15, 0.2) is 0 Å². The van der Waals surface area contributed by atoms with E-state index in [-0.39, 0.29) is 5.43 Å². The van der Waals surface area contributed by atoms with Gasteiger partial charge in [-0.05, 0) is 34.1 Å². The van der Waals surface area contributed by atoms with Crippen LogP contribution >= 0.6 is 15.9 Å². The number of halogens is 1. The van der Waals surface area contributed by atoms with E-state index in [1.54, 1.807) is 18.3 Å². The Kier molecular flexibility index (Phi) is 2.07. The van der Waals surface area contributed by atoms with Gasteiger partial charge in [-0.25, -0.2) is 0 Å². The summed E-state index contributed by atoms with van der Waals surface area (Å²) >= 11 is 3.22. The predicted molar refractivity (Wildman–Crippen MR) is 61.3 cm³/mol. The molecular formula is C10H9BrN2O. The van der Waals surface area contributed by atoms with Crippen molar-refractivity contribution in [3.63, 3.8) is 0 Å². The molecule has 3 nitrogen and oxygen atoms in total. The summed E-state index contributed by atoms with van der Waals surface area (Å²) in [7, 11) is 1.89. The molecule has 1 heterocycles. The van der Waals surface area contributed by atoms with E-state index >= 15 is 0 Å². The zero-order valence-electron chi connectivity index (χ0n) is 7.62. The molecule has 1 aromatic heterocycles. The monoisotopic (exact) mass is 252 g/mol. The molecule has 2 N–H and O–H groups in total. The molecule has 0 unspecified atom stereocenters. The van der Waals surface area contributed by atoms with Gasteiger partial charge in [0, 0.05) is 24.3 Å². The molecule has 0 spiro atoms. The van der Waals surface area contributed by atoms with Gasteiger partial charge in [0.2, 0.25) is 5.43 Å². The fourth-order valence-electron chi connectivity index (χ4n) is 1.47. The molecule has 0 bridgehead atoms. The number of hydrogen-bond acceptors (Lipinski definition) is 2. The van der Waals surface area contributed by atoms with Crippen molar-refractivity contribution < 1.29 is 0 Å². The van der Waals surface area contributed by atoms with Crippen molar-refractivity contribution in [1.29, 1.82) is 0 Å². The molecule has 0 saturated heterocycles. The van der Waals surface area contributed by atoms with E-state index in [0.717, 1.165) is 5.52 Å². The lowest BCUT2D eigenvalue weighted by Gasteiger charge is -2.06. The molecule has 0 saturated carbocycles. The lowest BCUT2D eigenvalue weighted by atomic mass is 10.2. The van der Waals surface area contributed by atoms with Gasteiger partial charge < -0.3 is 10.3 Å². The van der Waals surface area contributed by atoms with Crippen molar-refractivity contribution in [2.45, 2.75) is 0 Å². The van der Waals surface area contributed by atoms with Crippen LogP contribution in [0, 0.1) is 0 Å². The highest BCUT2D eigenvalue weighted by atomic mass is 79.9. The van der Waals surface area contributed by atoms with E-state index in [9.17, 15) is 4.79 Å². The standard InChI is InChI=1S/C10H9BrN2O/c1-13-5-8(11)10(14)7-4-6(12)2-3-9(7)13/h2-5H,12H2,1H3. The number of benzene rings is 1. The third kappa shape index (κ3) is 1.32. The van der Waals surface area contributed by atoms with Crippen LogP contribution in [0.5, 0.6) is 0 Å². The number of fused-ring (bicyclic) bond motifs is 1. The minimum Gasteiger partial charge on any atom is -0.399 e. The Labute approximate surface area is 89.3 Å². The number of pyridine rings is 1. The predicted octanol–water partition coefficient (Wildman–Crippen LogP) is 1.88. The number of nitrogen functional groups attached to an aromatic ring is 1. The average Bonchev–Trinajstić information content (AvgIpc) is 2.14. The lowest BCUT2D eigenvalue weighted by Crippen LogP contribution is -2.08. The Morgan fingerprint density at radius 3 is 2.86 bits per heavy atom. The molecule has 0 radical (unpaired) electrons. The molecule has 0 aliphatic rings. The highest BCUT2D eigenvalue weighted by Gasteiger charge is 2.04. The van der Waals surface area contributed by atoms with E-state index in [1.807, 2.05) is 17.7 Å². The maximum Gasteiger partial charge on any atom is 0.203 e. The third-order valence-corrected chi connectivity index (χ3v) is 2.73. The molecule has 0 amide bonds. The summed E-state index contributed by atoms with van der Waals surface area (Å²) in [6, 6.07) is 5.33. The van der Waals surface area contributed by atoms with Gasteiger partial charge in [0.1, 0.15) is 0 Å². The van der Waals surface area contributed by atoms with Gasteiger partial charge >= 0.3 is 0 Å². The van der Waals surface area contributed by atoms with Gasteiger partial charge in [-0.3, -0.25) is 4.79 Å². The Hall–Kier alpha value is -1.29. The summed E-state index contributed by atoms with van der Waals surface area (Å²) in [5.74, 6) is 0. The van der Waals surface area contributed by atoms with E-state index in [0.29, 0.717) is 15.5 Å². The summed E-state index contributed by atoms with van der Waals surface area (Å²) in [5, 5.41) is 0.641. The van der Waals surface area contributed by atoms with Crippen LogP contribution in [0.15, 0.2) is 33.7 Å². The van der Waals surface area contributed by atoms with Crippen molar-refractivity contribution >= 4 is 32.5 Å². The quantitative estimate of drug-likeness (QED) is 0.729. The van der Waals surface area contributed by atoms with E-state index in [1.165, 1.54) is 0 Å². The number of anilines is 1. The second kappa shape index (κ2) is 3.13. The van der Waals surface area contributed by atoms with Crippen LogP contribution in [-0.4, -0.2) is 4.57 Å². The van der Waals surface area contributed by atoms with Crippen LogP contribution in [-0.2, 0) is 7.05 Å². The summed E-state index contributed by atoms with van der Waals surface area (Å²) in [4.78, 5) is 11.7. The summed E-state index contributed by atoms with van der Waals surface area (Å²) in [6.07, 6.45) is 1.75. The molecule has 72 valence electrons. The maximum atomic E-state index is 11.7. The topological polar surface area (TPSA) is 48.0 Å². The van der Waals surface area contributed by atoms with Gasteiger partial charge in [0.25, 0.3) is 0 Å². The highest BCUT2D eigenvalue weighted by molar-refractivity contribution is 9.10. The van der Waals surface area contributed by atoms with Crippen LogP contribution in [0.25, 0.3) is 10.9 Å². The minimum absolute atomic E-state index is 0.0228. The van der Waals surface area contributed by atoms with Crippen LogP contribution in [0.4, 0.5) is 5.69 Å². The van der Waals surface area contributed by atoms with Gasteiger partial charge in [-0.2, -0.15) is 0 Å². The number of aryl methyl sites for hydroxylation is 1. The summed E-state index contributed by atoms with van der Waals surface area (Å²) < 4.78 is 2.44. The molecule has 4 heteroatoms. The second-order valence-corrected chi connectivity index (χ2v) is 4.05. The summed E-state index contributed by atoms with van der Waals surface area (Å²) in [5.41, 5.74) is 7.09. The minimum atomic E-state index is -0.0228. The van der Waals surface area contributed by atoms with Crippen LogP contribution in [0.1, 0.15) is 0 Å². The molecule has 0 aliphatic heterocycles. The number of nitrogens with zero attached hydrogens (tertiary/aromatic N) is 1. The van der Waals surface area contributed by atoms with E-state index in [4.69, 9.17) is 5.73 Å². The first-order valence-electron chi connectivity index (χ1n) is 4.14. The van der Waals surface area contributed by atoms with Crippen molar-refractivity contribution in [3.8, 4) is 0 Å². The highest BCUT2D eigenvalue weighted by Crippen LogP contribution is 2.16. The first kappa shape index (κ1) is 9.27. The van der Waals surface area contributed by atoms with Gasteiger partial charge in [-0.15, -0.1) is 0 Å². The van der Waals surface area contributed by atoms with Crippen molar-refractivity contribution in [2.75, 3.05) is 5.73 Å². The molecule has 0 aliphatic carbocycles. The number of aromatic nitrogens is 1. The molecule has 2 aromatic rings. The Morgan fingerprint density at radius 1 is 1.43 bits per heavy atom. The normalized spacial score (nSPS) is 10.7. The molecule has 0 atom stereocenters. The molecular weight excluding hydrogens is 244 g/mol. The third-order valence-electron chi connectivity index (χ3n) is 2.17. The molecule has 2 rings (SSSR count).